The number of hydrogen-bond acceptors (Lipinski definition) is 7. The molecule has 1 aliphatic heterocycles. The number of ether oxygens (including phenoxy) is 1. The Balaban J connectivity index is 1.55. The summed E-state index contributed by atoms with van der Waals surface area (Å²) in [5, 5.41) is 27.1. The van der Waals surface area contributed by atoms with Crippen molar-refractivity contribution in [1.82, 2.24) is 20.5 Å². The number of nitrogens with zero attached hydrogens (tertiary/aromatic N) is 3. The van der Waals surface area contributed by atoms with E-state index in [1.165, 1.54) is 0 Å². The van der Waals surface area contributed by atoms with Crippen LogP contribution in [0.25, 0.3) is 0 Å². The molecule has 0 radical (unpaired) electrons. The number of para-hydroxylation sites is 1. The number of H-pyrrole nitrogens is 1. The molecule has 1 saturated heterocycles. The average molecular weight is 432 g/mol. The number of pyridine rings is 1. The van der Waals surface area contributed by atoms with Gasteiger partial charge in [0, 0.05) is 11.8 Å². The van der Waals surface area contributed by atoms with Crippen molar-refractivity contribution in [2.45, 2.75) is 32.6 Å². The highest BCUT2D eigenvalue weighted by molar-refractivity contribution is 5.64. The van der Waals surface area contributed by atoms with E-state index in [0.29, 0.717) is 42.1 Å². The van der Waals surface area contributed by atoms with Crippen molar-refractivity contribution >= 4 is 17.5 Å². The van der Waals surface area contributed by atoms with Crippen molar-refractivity contribution in [2.75, 3.05) is 36.9 Å². The minimum Gasteiger partial charge on any atom is -0.491 e. The summed E-state index contributed by atoms with van der Waals surface area (Å²) in [5.74, 6) is 3.13. The van der Waals surface area contributed by atoms with Gasteiger partial charge in [0.25, 0.3) is 0 Å². The zero-order valence-corrected chi connectivity index (χ0v) is 18.5. The largest absolute Gasteiger partial charge is 0.491 e. The van der Waals surface area contributed by atoms with E-state index in [0.717, 1.165) is 48.5 Å². The average Bonchev–Trinajstić information content (AvgIpc) is 3.22. The van der Waals surface area contributed by atoms with E-state index in [2.05, 4.69) is 32.2 Å². The van der Waals surface area contributed by atoms with Crippen molar-refractivity contribution in [1.29, 1.82) is 5.26 Å². The fourth-order valence-electron chi connectivity index (χ4n) is 3.99. The summed E-state index contributed by atoms with van der Waals surface area (Å²) in [6.45, 7) is 6.88. The van der Waals surface area contributed by atoms with E-state index in [1.54, 1.807) is 0 Å². The number of anilines is 3. The number of piperidine rings is 1. The molecule has 1 aliphatic rings. The maximum atomic E-state index is 9.97. The van der Waals surface area contributed by atoms with E-state index in [1.807, 2.05) is 50.2 Å². The van der Waals surface area contributed by atoms with Crippen molar-refractivity contribution in [3.63, 3.8) is 0 Å². The Morgan fingerprint density at radius 2 is 1.97 bits per heavy atom. The predicted molar refractivity (Wildman–Crippen MR) is 126 cm³/mol. The summed E-state index contributed by atoms with van der Waals surface area (Å²) >= 11 is 0. The third-order valence-electron chi connectivity index (χ3n) is 5.65. The summed E-state index contributed by atoms with van der Waals surface area (Å²) in [7, 11) is 0. The van der Waals surface area contributed by atoms with Crippen molar-refractivity contribution in [3.05, 3.63) is 58.8 Å². The van der Waals surface area contributed by atoms with E-state index >= 15 is 0 Å². The molecule has 0 spiro atoms. The summed E-state index contributed by atoms with van der Waals surface area (Å²) < 4.78 is 5.90. The Kier molecular flexibility index (Phi) is 6.87. The molecule has 4 N–H and O–H groups in total. The van der Waals surface area contributed by atoms with Gasteiger partial charge in [0.05, 0.1) is 12.1 Å². The molecular weight excluding hydrogens is 402 g/mol. The highest BCUT2D eigenvalue weighted by Crippen LogP contribution is 2.33. The lowest BCUT2D eigenvalue weighted by Gasteiger charge is -2.25. The van der Waals surface area contributed by atoms with E-state index in [-0.39, 0.29) is 0 Å². The first kappa shape index (κ1) is 21.7. The topological polar surface area (TPSA) is 111 Å². The normalized spacial score (nSPS) is 14.0. The minimum absolute atomic E-state index is 0.319. The summed E-state index contributed by atoms with van der Waals surface area (Å²) in [5.41, 5.74) is 3.70. The lowest BCUT2D eigenvalue weighted by atomic mass is 9.87. The van der Waals surface area contributed by atoms with Crippen LogP contribution in [-0.2, 0) is 0 Å². The molecule has 3 aromatic rings. The first-order valence-electron chi connectivity index (χ1n) is 11.0. The third-order valence-corrected chi connectivity index (χ3v) is 5.65. The molecule has 166 valence electrons. The molecule has 0 atom stereocenters. The zero-order valence-electron chi connectivity index (χ0n) is 18.5. The number of benzene rings is 1. The second-order valence-corrected chi connectivity index (χ2v) is 8.06. The van der Waals surface area contributed by atoms with Crippen LogP contribution in [0.1, 0.15) is 41.1 Å². The first-order chi connectivity index (χ1) is 15.6. The molecule has 8 nitrogen and oxygen atoms in total. The maximum absolute atomic E-state index is 9.97. The highest BCUT2D eigenvalue weighted by Gasteiger charge is 2.22. The molecule has 0 unspecified atom stereocenters. The number of aryl methyl sites for hydroxylation is 2. The van der Waals surface area contributed by atoms with E-state index < -0.39 is 0 Å². The van der Waals surface area contributed by atoms with Crippen LogP contribution in [0.2, 0.25) is 0 Å². The van der Waals surface area contributed by atoms with Gasteiger partial charge < -0.3 is 20.7 Å². The van der Waals surface area contributed by atoms with Crippen LogP contribution >= 0.6 is 0 Å². The molecule has 0 bridgehead atoms. The van der Waals surface area contributed by atoms with Gasteiger partial charge in [-0.3, -0.25) is 5.10 Å². The van der Waals surface area contributed by atoms with Gasteiger partial charge in [-0.2, -0.15) is 10.4 Å². The quantitative estimate of drug-likeness (QED) is 0.399. The van der Waals surface area contributed by atoms with Crippen LogP contribution in [0.4, 0.5) is 17.5 Å². The van der Waals surface area contributed by atoms with Crippen molar-refractivity contribution in [3.8, 4) is 11.8 Å². The number of aromatic nitrogens is 3. The van der Waals surface area contributed by atoms with Gasteiger partial charge >= 0.3 is 0 Å². The van der Waals surface area contributed by atoms with Gasteiger partial charge in [0.1, 0.15) is 30.1 Å². The second-order valence-electron chi connectivity index (χ2n) is 8.06. The predicted octanol–water partition coefficient (Wildman–Crippen LogP) is 3.99. The van der Waals surface area contributed by atoms with Gasteiger partial charge in [-0.15, -0.1) is 0 Å². The monoisotopic (exact) mass is 431 g/mol. The van der Waals surface area contributed by atoms with Gasteiger partial charge in [-0.25, -0.2) is 4.98 Å². The van der Waals surface area contributed by atoms with Crippen LogP contribution in [0.3, 0.4) is 0 Å². The van der Waals surface area contributed by atoms with Crippen molar-refractivity contribution < 1.29 is 4.74 Å². The summed E-state index contributed by atoms with van der Waals surface area (Å²) in [4.78, 5) is 4.70. The lowest BCUT2D eigenvalue weighted by molar-refractivity contribution is 0.330. The highest BCUT2D eigenvalue weighted by atomic mass is 16.5. The molecule has 3 heterocycles. The minimum atomic E-state index is 0.319. The molecule has 32 heavy (non-hydrogen) atoms. The van der Waals surface area contributed by atoms with Crippen LogP contribution in [0.15, 0.2) is 36.4 Å². The van der Waals surface area contributed by atoms with E-state index in [9.17, 15) is 5.26 Å². The molecule has 4 rings (SSSR count). The molecular formula is C24H29N7O. The van der Waals surface area contributed by atoms with Gasteiger partial charge in [-0.1, -0.05) is 18.2 Å². The van der Waals surface area contributed by atoms with Crippen LogP contribution < -0.4 is 20.7 Å². The fourth-order valence-corrected chi connectivity index (χ4v) is 3.99. The molecule has 0 amide bonds. The van der Waals surface area contributed by atoms with Crippen LogP contribution in [0.5, 0.6) is 5.75 Å². The Labute approximate surface area is 188 Å². The van der Waals surface area contributed by atoms with Crippen LogP contribution in [-0.4, -0.2) is 41.4 Å². The fraction of sp³-hybridized carbons (Fsp3) is 0.375. The van der Waals surface area contributed by atoms with Gasteiger partial charge in [0.15, 0.2) is 5.82 Å². The summed E-state index contributed by atoms with van der Waals surface area (Å²) in [6, 6.07) is 14.2. The van der Waals surface area contributed by atoms with E-state index in [4.69, 9.17) is 9.72 Å². The molecule has 0 aliphatic carbocycles. The number of hydrogen-bond donors (Lipinski definition) is 4. The number of aromatic amines is 1. The summed E-state index contributed by atoms with van der Waals surface area (Å²) in [6.07, 6.45) is 1.99. The Hall–Kier alpha value is -3.57. The smallest absolute Gasteiger partial charge is 0.153 e. The number of rotatable bonds is 8. The molecule has 8 heteroatoms. The zero-order chi connectivity index (χ0) is 22.3. The van der Waals surface area contributed by atoms with Gasteiger partial charge in [-0.05, 0) is 69.0 Å². The third kappa shape index (κ3) is 5.18. The first-order valence-corrected chi connectivity index (χ1v) is 11.0. The Morgan fingerprint density at radius 3 is 2.69 bits per heavy atom. The second kappa shape index (κ2) is 10.2. The Morgan fingerprint density at radius 1 is 1.16 bits per heavy atom. The Bertz CT molecular complexity index is 1100. The van der Waals surface area contributed by atoms with Crippen molar-refractivity contribution in [2.24, 2.45) is 0 Å². The van der Waals surface area contributed by atoms with Crippen LogP contribution in [0, 0.1) is 25.2 Å². The SMILES string of the molecule is Cc1cc(Nc2cc(C3CCNCC3)c(C#N)c(NCCOc3ccccc3C)n2)n[nH]1. The van der Waals surface area contributed by atoms with Gasteiger partial charge in [0.2, 0.25) is 0 Å². The number of nitrogens with one attached hydrogen (secondary N) is 4. The standard InChI is InChI=1S/C24H29N7O/c1-16-5-3-4-6-21(16)32-12-11-27-24-20(15-25)19(18-7-9-26-10-8-18)14-22(29-24)28-23-13-17(2)30-31-23/h3-6,13-14,18,26H,7-12H2,1-2H3,(H3,27,28,29,30,31). The number of nitriles is 1. The molecule has 1 aromatic carbocycles. The maximum Gasteiger partial charge on any atom is 0.153 e. The lowest BCUT2D eigenvalue weighted by Crippen LogP contribution is -2.27. The molecule has 1 fully saturated rings. The molecule has 0 saturated carbocycles. The molecule has 2 aromatic heterocycles.